The van der Waals surface area contributed by atoms with Gasteiger partial charge < -0.3 is 0 Å². The van der Waals surface area contributed by atoms with Crippen LogP contribution in [-0.4, -0.2) is 25.3 Å². The minimum Gasteiger partial charge on any atom is -0.206 e. The Bertz CT molecular complexity index is 522. The summed E-state index contributed by atoms with van der Waals surface area (Å²) in [5.74, 6) is 0. The molecule has 0 aliphatic heterocycles. The van der Waals surface area contributed by atoms with Crippen molar-refractivity contribution in [2.24, 2.45) is 0 Å². The molecule has 0 N–H and O–H groups in total. The minimum atomic E-state index is -3.52. The number of hydrogen-bond donors (Lipinski definition) is 0. The number of thiophene rings is 1. The second-order valence-electron chi connectivity index (χ2n) is 4.26. The van der Waals surface area contributed by atoms with Crippen LogP contribution in [0.3, 0.4) is 0 Å². The molecular formula is C11H14N2O2S2. The van der Waals surface area contributed by atoms with E-state index in [9.17, 15) is 13.7 Å². The van der Waals surface area contributed by atoms with Gasteiger partial charge in [0.25, 0.3) is 10.0 Å². The van der Waals surface area contributed by atoms with E-state index in [4.69, 9.17) is 0 Å². The molecule has 0 radical (unpaired) electrons. The van der Waals surface area contributed by atoms with Crippen LogP contribution in [0, 0.1) is 11.3 Å². The summed E-state index contributed by atoms with van der Waals surface area (Å²) >= 11 is 1.19. The van der Waals surface area contributed by atoms with Crippen molar-refractivity contribution in [1.29, 1.82) is 5.26 Å². The van der Waals surface area contributed by atoms with Crippen molar-refractivity contribution in [3.8, 4) is 6.07 Å². The molecule has 4 nitrogen and oxygen atoms in total. The van der Waals surface area contributed by atoms with Gasteiger partial charge in [-0.05, 0) is 24.3 Å². The van der Waals surface area contributed by atoms with Gasteiger partial charge >= 0.3 is 0 Å². The zero-order valence-electron chi connectivity index (χ0n) is 9.59. The lowest BCUT2D eigenvalue weighted by Crippen LogP contribution is -2.46. The van der Waals surface area contributed by atoms with Crippen molar-refractivity contribution < 1.29 is 8.42 Å². The van der Waals surface area contributed by atoms with Crippen molar-refractivity contribution in [2.45, 2.75) is 35.4 Å². The molecule has 1 fully saturated rings. The summed E-state index contributed by atoms with van der Waals surface area (Å²) < 4.78 is 26.2. The minimum absolute atomic E-state index is 0.307. The summed E-state index contributed by atoms with van der Waals surface area (Å²) in [6, 6.07) is 5.48. The maximum absolute atomic E-state index is 12.3. The molecule has 1 heterocycles. The fourth-order valence-electron chi connectivity index (χ4n) is 2.23. The fraction of sp³-hybridized carbons (Fsp3) is 0.545. The third-order valence-electron chi connectivity index (χ3n) is 3.35. The monoisotopic (exact) mass is 270 g/mol. The fourth-order valence-corrected chi connectivity index (χ4v) is 4.87. The summed E-state index contributed by atoms with van der Waals surface area (Å²) in [5.41, 5.74) is -0.844. The van der Waals surface area contributed by atoms with E-state index >= 15 is 0 Å². The highest BCUT2D eigenvalue weighted by molar-refractivity contribution is 7.91. The third-order valence-corrected chi connectivity index (χ3v) is 6.65. The summed E-state index contributed by atoms with van der Waals surface area (Å²) in [6.45, 7) is 0. The third kappa shape index (κ3) is 1.99. The van der Waals surface area contributed by atoms with E-state index in [1.54, 1.807) is 17.5 Å². The van der Waals surface area contributed by atoms with Gasteiger partial charge in [-0.2, -0.15) is 9.57 Å². The van der Waals surface area contributed by atoms with Crippen molar-refractivity contribution in [3.05, 3.63) is 17.5 Å². The summed E-state index contributed by atoms with van der Waals surface area (Å²) in [7, 11) is -2.00. The highest BCUT2D eigenvalue weighted by atomic mass is 32.2. The van der Waals surface area contributed by atoms with Crippen LogP contribution in [0.1, 0.15) is 25.7 Å². The van der Waals surface area contributed by atoms with Crippen molar-refractivity contribution >= 4 is 21.4 Å². The molecule has 92 valence electrons. The van der Waals surface area contributed by atoms with E-state index in [0.717, 1.165) is 12.8 Å². The average molecular weight is 270 g/mol. The maximum atomic E-state index is 12.3. The molecule has 0 atom stereocenters. The van der Waals surface area contributed by atoms with Gasteiger partial charge in [0.2, 0.25) is 0 Å². The Morgan fingerprint density at radius 1 is 1.47 bits per heavy atom. The van der Waals surface area contributed by atoms with Crippen LogP contribution in [0.2, 0.25) is 0 Å². The number of hydrogen-bond acceptors (Lipinski definition) is 4. The van der Waals surface area contributed by atoms with E-state index in [-0.39, 0.29) is 0 Å². The Hall–Kier alpha value is -0.900. The van der Waals surface area contributed by atoms with Gasteiger partial charge in [0, 0.05) is 7.05 Å². The zero-order valence-corrected chi connectivity index (χ0v) is 11.2. The molecule has 1 aliphatic carbocycles. The van der Waals surface area contributed by atoms with Crippen molar-refractivity contribution in [2.75, 3.05) is 7.05 Å². The molecule has 1 aromatic rings. The first-order valence-corrected chi connectivity index (χ1v) is 7.79. The molecule has 1 aromatic heterocycles. The van der Waals surface area contributed by atoms with Gasteiger partial charge in [-0.15, -0.1) is 11.3 Å². The molecule has 0 aromatic carbocycles. The predicted molar refractivity (Wildman–Crippen MR) is 66.1 cm³/mol. The van der Waals surface area contributed by atoms with Crippen LogP contribution >= 0.6 is 11.3 Å². The van der Waals surface area contributed by atoms with Crippen LogP contribution in [0.4, 0.5) is 0 Å². The Labute approximate surface area is 106 Å². The quantitative estimate of drug-likeness (QED) is 0.846. The van der Waals surface area contributed by atoms with Gasteiger partial charge in [0.05, 0.1) is 6.07 Å². The van der Waals surface area contributed by atoms with Gasteiger partial charge in [-0.3, -0.25) is 0 Å². The lowest BCUT2D eigenvalue weighted by Gasteiger charge is -2.30. The normalized spacial score (nSPS) is 19.4. The van der Waals surface area contributed by atoms with Crippen LogP contribution in [-0.2, 0) is 10.0 Å². The van der Waals surface area contributed by atoms with Crippen LogP contribution in [0.15, 0.2) is 21.7 Å². The molecule has 6 heteroatoms. The number of rotatable bonds is 3. The van der Waals surface area contributed by atoms with E-state index in [1.807, 2.05) is 0 Å². The Kier molecular flexibility index (Phi) is 3.25. The maximum Gasteiger partial charge on any atom is 0.253 e. The van der Waals surface area contributed by atoms with Gasteiger partial charge in [-0.1, -0.05) is 18.9 Å². The largest absolute Gasteiger partial charge is 0.253 e. The number of sulfonamides is 1. The molecule has 1 aliphatic rings. The summed E-state index contributed by atoms with van der Waals surface area (Å²) in [5, 5.41) is 11.0. The first-order valence-electron chi connectivity index (χ1n) is 5.47. The summed E-state index contributed by atoms with van der Waals surface area (Å²) in [4.78, 5) is 0. The Morgan fingerprint density at radius 2 is 2.12 bits per heavy atom. The van der Waals surface area contributed by atoms with Crippen molar-refractivity contribution in [1.82, 2.24) is 4.31 Å². The zero-order chi connectivity index (χ0) is 12.5. The molecule has 17 heavy (non-hydrogen) atoms. The lowest BCUT2D eigenvalue weighted by atomic mass is 10.0. The molecule has 2 rings (SSSR count). The van der Waals surface area contributed by atoms with Crippen LogP contribution in [0.25, 0.3) is 0 Å². The number of nitriles is 1. The molecule has 0 amide bonds. The lowest BCUT2D eigenvalue weighted by molar-refractivity contribution is 0.294. The average Bonchev–Trinajstić information content (AvgIpc) is 3.00. The molecule has 0 unspecified atom stereocenters. The standard InChI is InChI=1S/C11H14N2O2S2/c1-13(11(9-12)6-2-3-7-11)17(14,15)10-5-4-8-16-10/h4-5,8H,2-3,6-7H2,1H3. The van der Waals surface area contributed by atoms with E-state index in [0.29, 0.717) is 17.1 Å². The Balaban J connectivity index is 2.38. The SMILES string of the molecule is CN(C1(C#N)CCCC1)S(=O)(=O)c1cccs1. The molecule has 0 saturated heterocycles. The molecule has 1 saturated carbocycles. The first-order chi connectivity index (χ1) is 8.03. The molecule has 0 spiro atoms. The smallest absolute Gasteiger partial charge is 0.206 e. The Morgan fingerprint density at radius 3 is 2.59 bits per heavy atom. The highest BCUT2D eigenvalue weighted by Gasteiger charge is 2.44. The number of nitrogens with zero attached hydrogens (tertiary/aromatic N) is 2. The predicted octanol–water partition coefficient (Wildman–Crippen LogP) is 2.20. The van der Waals surface area contributed by atoms with E-state index in [1.165, 1.54) is 22.7 Å². The second-order valence-corrected chi connectivity index (χ2v) is 7.40. The van der Waals surface area contributed by atoms with Gasteiger partial charge in [-0.25, -0.2) is 8.42 Å². The molecular weight excluding hydrogens is 256 g/mol. The van der Waals surface area contributed by atoms with Crippen LogP contribution in [0.5, 0.6) is 0 Å². The van der Waals surface area contributed by atoms with E-state index in [2.05, 4.69) is 6.07 Å². The van der Waals surface area contributed by atoms with Gasteiger partial charge in [0.1, 0.15) is 9.75 Å². The first kappa shape index (κ1) is 12.6. The topological polar surface area (TPSA) is 61.2 Å². The van der Waals surface area contributed by atoms with Crippen molar-refractivity contribution in [3.63, 3.8) is 0 Å². The van der Waals surface area contributed by atoms with E-state index < -0.39 is 15.6 Å². The molecule has 0 bridgehead atoms. The van der Waals surface area contributed by atoms with Gasteiger partial charge in [0.15, 0.2) is 0 Å². The summed E-state index contributed by atoms with van der Waals surface area (Å²) in [6.07, 6.45) is 3.09. The van der Waals surface area contributed by atoms with Crippen LogP contribution < -0.4 is 0 Å². The highest BCUT2D eigenvalue weighted by Crippen LogP contribution is 2.37. The second kappa shape index (κ2) is 4.41.